The fourth-order valence-electron chi connectivity index (χ4n) is 4.94. The van der Waals surface area contributed by atoms with Gasteiger partial charge >= 0.3 is 5.97 Å². The van der Waals surface area contributed by atoms with Crippen molar-refractivity contribution in [3.05, 3.63) is 99.1 Å². The van der Waals surface area contributed by atoms with Gasteiger partial charge in [-0.25, -0.2) is 4.98 Å². The summed E-state index contributed by atoms with van der Waals surface area (Å²) in [6, 6.07) is 13.2. The van der Waals surface area contributed by atoms with Crippen LogP contribution in [-0.2, 0) is 25.0 Å². The molecule has 0 saturated heterocycles. The number of carboxylic acid groups (broad SMARTS) is 1. The fraction of sp³-hybridized carbons (Fsp3) is 0.207. The van der Waals surface area contributed by atoms with Gasteiger partial charge in [0.1, 0.15) is 6.54 Å². The van der Waals surface area contributed by atoms with E-state index in [1.807, 2.05) is 18.2 Å². The van der Waals surface area contributed by atoms with Gasteiger partial charge in [-0.05, 0) is 47.9 Å². The van der Waals surface area contributed by atoms with E-state index in [4.69, 9.17) is 5.11 Å². The highest BCUT2D eigenvalue weighted by molar-refractivity contribution is 5.83. The summed E-state index contributed by atoms with van der Waals surface area (Å²) in [6.45, 7) is -0.693. The van der Waals surface area contributed by atoms with Crippen LogP contribution in [-0.4, -0.2) is 40.1 Å². The van der Waals surface area contributed by atoms with Gasteiger partial charge in [0.2, 0.25) is 0 Å². The van der Waals surface area contributed by atoms with Gasteiger partial charge in [0.05, 0.1) is 29.9 Å². The monoisotopic (exact) mass is 538 g/mol. The summed E-state index contributed by atoms with van der Waals surface area (Å²) < 4.78 is 4.10. The summed E-state index contributed by atoms with van der Waals surface area (Å²) in [5.74, 6) is -0.465. The number of hydrogen-bond donors (Lipinski definition) is 3. The molecule has 2 aromatic carbocycles. The predicted octanol–water partition coefficient (Wildman–Crippen LogP) is 3.15. The number of anilines is 2. The SMILES string of the molecule is Cn1cc(-c2cccc(-n3ccc4cc(C5CC5)ccc4c3=O)c2CO)nc(Nc2cnn(CC(=O)O)c2)c1=O. The van der Waals surface area contributed by atoms with Crippen LogP contribution >= 0.6 is 0 Å². The Kier molecular flexibility index (Phi) is 6.27. The molecule has 0 spiro atoms. The maximum Gasteiger partial charge on any atom is 0.325 e. The van der Waals surface area contributed by atoms with Gasteiger partial charge in [-0.15, -0.1) is 0 Å². The van der Waals surface area contributed by atoms with Crippen molar-refractivity contribution in [3.63, 3.8) is 0 Å². The van der Waals surface area contributed by atoms with Crippen LogP contribution in [0.15, 0.2) is 76.8 Å². The number of fused-ring (bicyclic) bond motifs is 1. The number of nitrogens with zero attached hydrogens (tertiary/aromatic N) is 5. The first kappa shape index (κ1) is 25.3. The van der Waals surface area contributed by atoms with Crippen molar-refractivity contribution < 1.29 is 15.0 Å². The van der Waals surface area contributed by atoms with Crippen molar-refractivity contribution in [1.29, 1.82) is 0 Å². The molecule has 11 heteroatoms. The lowest BCUT2D eigenvalue weighted by Gasteiger charge is -2.16. The van der Waals surface area contributed by atoms with E-state index in [1.165, 1.54) is 44.6 Å². The third kappa shape index (κ3) is 4.67. The largest absolute Gasteiger partial charge is 0.480 e. The van der Waals surface area contributed by atoms with Crippen molar-refractivity contribution in [1.82, 2.24) is 23.9 Å². The van der Waals surface area contributed by atoms with E-state index in [0.29, 0.717) is 39.5 Å². The molecular formula is C29H26N6O5. The molecule has 0 aliphatic heterocycles. The van der Waals surface area contributed by atoms with Gasteiger partial charge < -0.3 is 20.1 Å². The summed E-state index contributed by atoms with van der Waals surface area (Å²) in [7, 11) is 1.58. The van der Waals surface area contributed by atoms with Crippen molar-refractivity contribution in [2.75, 3.05) is 5.32 Å². The molecule has 40 heavy (non-hydrogen) atoms. The minimum atomic E-state index is -1.05. The Morgan fingerprint density at radius 1 is 1.10 bits per heavy atom. The zero-order valence-corrected chi connectivity index (χ0v) is 21.6. The molecule has 1 saturated carbocycles. The molecule has 1 aliphatic rings. The van der Waals surface area contributed by atoms with E-state index in [1.54, 1.807) is 37.6 Å². The first-order chi connectivity index (χ1) is 19.3. The minimum absolute atomic E-state index is 0.00138. The van der Waals surface area contributed by atoms with Crippen LogP contribution in [0.3, 0.4) is 0 Å². The summed E-state index contributed by atoms with van der Waals surface area (Å²) >= 11 is 0. The number of pyridine rings is 1. The maximum absolute atomic E-state index is 13.5. The second-order valence-electron chi connectivity index (χ2n) is 9.91. The molecule has 3 N–H and O–H groups in total. The normalized spacial score (nSPS) is 13.1. The van der Waals surface area contributed by atoms with Crippen LogP contribution in [0.4, 0.5) is 11.5 Å². The Labute approximate surface area is 227 Å². The van der Waals surface area contributed by atoms with E-state index in [2.05, 4.69) is 21.5 Å². The minimum Gasteiger partial charge on any atom is -0.480 e. The molecule has 5 aromatic rings. The second-order valence-corrected chi connectivity index (χ2v) is 9.91. The second kappa shape index (κ2) is 9.93. The van der Waals surface area contributed by atoms with E-state index in [-0.39, 0.29) is 24.5 Å². The maximum atomic E-state index is 13.5. The third-order valence-electron chi connectivity index (χ3n) is 7.09. The number of rotatable bonds is 8. The predicted molar refractivity (Wildman–Crippen MR) is 149 cm³/mol. The number of aliphatic carboxylic acids is 1. The number of hydrogen-bond acceptors (Lipinski definition) is 7. The van der Waals surface area contributed by atoms with E-state index >= 15 is 0 Å². The van der Waals surface area contributed by atoms with E-state index < -0.39 is 11.5 Å². The highest BCUT2D eigenvalue weighted by Gasteiger charge is 2.24. The lowest BCUT2D eigenvalue weighted by atomic mass is 10.0. The van der Waals surface area contributed by atoms with Crippen molar-refractivity contribution in [2.45, 2.75) is 31.9 Å². The van der Waals surface area contributed by atoms with Crippen LogP contribution in [0.5, 0.6) is 0 Å². The number of aliphatic hydroxyl groups excluding tert-OH is 1. The Morgan fingerprint density at radius 3 is 2.67 bits per heavy atom. The number of benzene rings is 2. The van der Waals surface area contributed by atoms with Crippen LogP contribution in [0.1, 0.15) is 29.9 Å². The van der Waals surface area contributed by atoms with Crippen LogP contribution in [0, 0.1) is 0 Å². The quantitative estimate of drug-likeness (QED) is 0.273. The number of aryl methyl sites for hydroxylation is 1. The van der Waals surface area contributed by atoms with Gasteiger partial charge in [-0.3, -0.25) is 23.6 Å². The van der Waals surface area contributed by atoms with Gasteiger partial charge in [-0.2, -0.15) is 5.10 Å². The molecule has 6 rings (SSSR count). The topological polar surface area (TPSA) is 144 Å². The molecule has 0 atom stereocenters. The lowest BCUT2D eigenvalue weighted by molar-refractivity contribution is -0.137. The zero-order valence-electron chi connectivity index (χ0n) is 21.6. The number of carboxylic acids is 1. The van der Waals surface area contributed by atoms with Gasteiger partial charge in [-0.1, -0.05) is 24.3 Å². The molecule has 0 unspecified atom stereocenters. The van der Waals surface area contributed by atoms with Crippen molar-refractivity contribution >= 4 is 28.2 Å². The zero-order chi connectivity index (χ0) is 28.0. The van der Waals surface area contributed by atoms with Crippen molar-refractivity contribution in [3.8, 4) is 16.9 Å². The molecule has 1 fully saturated rings. The van der Waals surface area contributed by atoms with Gasteiger partial charge in [0, 0.05) is 42.2 Å². The molecule has 3 heterocycles. The third-order valence-corrected chi connectivity index (χ3v) is 7.09. The molecule has 3 aromatic heterocycles. The first-order valence-corrected chi connectivity index (χ1v) is 12.8. The lowest BCUT2D eigenvalue weighted by Crippen LogP contribution is -2.22. The van der Waals surface area contributed by atoms with E-state index in [9.17, 15) is 19.5 Å². The highest BCUT2D eigenvalue weighted by atomic mass is 16.4. The smallest absolute Gasteiger partial charge is 0.325 e. The van der Waals surface area contributed by atoms with Crippen LogP contribution < -0.4 is 16.4 Å². The molecule has 11 nitrogen and oxygen atoms in total. The molecule has 0 amide bonds. The average Bonchev–Trinajstić information content (AvgIpc) is 3.71. The van der Waals surface area contributed by atoms with Gasteiger partial charge in [0.15, 0.2) is 5.82 Å². The number of aliphatic hydroxyl groups is 1. The Balaban J connectivity index is 1.41. The summed E-state index contributed by atoms with van der Waals surface area (Å²) in [5.41, 5.74) is 2.98. The molecule has 1 aliphatic carbocycles. The first-order valence-electron chi connectivity index (χ1n) is 12.8. The number of carbonyl (C=O) groups is 1. The standard InChI is InChI=1S/C29H26N6O5/c1-33-14-24(32-27(29(33)40)31-20-12-30-34(13-20)15-26(37)38)22-3-2-4-25(23(22)16-36)35-10-9-19-11-18(17-5-6-17)7-8-21(19)28(35)39/h2-4,7-14,17,36H,5-6,15-16H2,1H3,(H,31,32)(H,37,38). The summed E-state index contributed by atoms with van der Waals surface area (Å²) in [5, 5.41) is 27.8. The van der Waals surface area contributed by atoms with E-state index in [0.717, 1.165) is 5.39 Å². The molecule has 0 bridgehead atoms. The Bertz CT molecular complexity index is 1900. The van der Waals surface area contributed by atoms with Crippen LogP contribution in [0.2, 0.25) is 0 Å². The van der Waals surface area contributed by atoms with Crippen molar-refractivity contribution in [2.24, 2.45) is 7.05 Å². The number of aromatic nitrogens is 5. The highest BCUT2D eigenvalue weighted by Crippen LogP contribution is 2.40. The van der Waals surface area contributed by atoms with Gasteiger partial charge in [0.25, 0.3) is 11.1 Å². The number of nitrogens with one attached hydrogen (secondary N) is 1. The summed E-state index contributed by atoms with van der Waals surface area (Å²) in [6.07, 6.45) is 8.50. The Hall–Kier alpha value is -5.03. The summed E-state index contributed by atoms with van der Waals surface area (Å²) in [4.78, 5) is 41.9. The Morgan fingerprint density at radius 2 is 1.93 bits per heavy atom. The average molecular weight is 539 g/mol. The fourth-order valence-corrected chi connectivity index (χ4v) is 4.94. The van der Waals surface area contributed by atoms with Crippen LogP contribution in [0.25, 0.3) is 27.7 Å². The molecular weight excluding hydrogens is 512 g/mol. The molecule has 202 valence electrons. The molecule has 0 radical (unpaired) electrons.